The molecule has 1 amide bonds. The van der Waals surface area contributed by atoms with Gasteiger partial charge in [0.25, 0.3) is 5.91 Å². The monoisotopic (exact) mass is 256 g/mol. The van der Waals surface area contributed by atoms with Crippen LogP contribution in [0.1, 0.15) is 17.3 Å². The van der Waals surface area contributed by atoms with Crippen LogP contribution < -0.4 is 5.32 Å². The summed E-state index contributed by atoms with van der Waals surface area (Å²) in [6, 6.07) is 1.41. The third-order valence-corrected chi connectivity index (χ3v) is 2.12. The smallest absolute Gasteiger partial charge is 0.325 e. The van der Waals surface area contributed by atoms with Crippen molar-refractivity contribution in [3.63, 3.8) is 0 Å². The van der Waals surface area contributed by atoms with Crippen molar-refractivity contribution in [2.24, 2.45) is 0 Å². The first kappa shape index (κ1) is 13.6. The Labute approximate surface area is 100 Å². The Morgan fingerprint density at radius 2 is 2.11 bits per heavy atom. The van der Waals surface area contributed by atoms with E-state index in [9.17, 15) is 24.1 Å². The number of aliphatic carboxylic acids is 1. The highest BCUT2D eigenvalue weighted by Crippen LogP contribution is 2.18. The number of nitro benzene ring substituents is 1. The molecule has 0 aliphatic heterocycles. The molecule has 1 rings (SSSR count). The van der Waals surface area contributed by atoms with Crippen molar-refractivity contribution in [3.8, 4) is 0 Å². The maximum atomic E-state index is 13.0. The fourth-order valence-corrected chi connectivity index (χ4v) is 1.14. The Hall–Kier alpha value is -2.51. The van der Waals surface area contributed by atoms with Gasteiger partial charge in [0.2, 0.25) is 5.82 Å². The first-order chi connectivity index (χ1) is 8.32. The van der Waals surface area contributed by atoms with E-state index in [0.29, 0.717) is 0 Å². The van der Waals surface area contributed by atoms with Crippen LogP contribution in [0.3, 0.4) is 0 Å². The molecule has 0 spiro atoms. The van der Waals surface area contributed by atoms with Gasteiger partial charge in [-0.3, -0.25) is 19.7 Å². The lowest BCUT2D eigenvalue weighted by Crippen LogP contribution is -2.38. The van der Waals surface area contributed by atoms with E-state index in [0.717, 1.165) is 18.2 Å². The second-order valence-corrected chi connectivity index (χ2v) is 3.46. The predicted molar refractivity (Wildman–Crippen MR) is 57.6 cm³/mol. The highest BCUT2D eigenvalue weighted by Gasteiger charge is 2.20. The van der Waals surface area contributed by atoms with Gasteiger partial charge in [-0.2, -0.15) is 4.39 Å². The van der Waals surface area contributed by atoms with Gasteiger partial charge >= 0.3 is 11.7 Å². The van der Waals surface area contributed by atoms with Gasteiger partial charge in [0.15, 0.2) is 0 Å². The molecule has 2 N–H and O–H groups in total. The van der Waals surface area contributed by atoms with Crippen molar-refractivity contribution in [2.45, 2.75) is 13.0 Å². The van der Waals surface area contributed by atoms with Crippen molar-refractivity contribution in [2.75, 3.05) is 0 Å². The third kappa shape index (κ3) is 3.00. The summed E-state index contributed by atoms with van der Waals surface area (Å²) in [6.07, 6.45) is 0. The van der Waals surface area contributed by atoms with E-state index in [1.165, 1.54) is 6.92 Å². The summed E-state index contributed by atoms with van der Waals surface area (Å²) < 4.78 is 13.0. The van der Waals surface area contributed by atoms with E-state index in [1.807, 2.05) is 0 Å². The molecular formula is C10H9FN2O5. The molecule has 0 aliphatic carbocycles. The topological polar surface area (TPSA) is 110 Å². The molecule has 1 aromatic rings. The zero-order chi connectivity index (χ0) is 13.9. The van der Waals surface area contributed by atoms with Crippen LogP contribution in [0.2, 0.25) is 0 Å². The lowest BCUT2D eigenvalue weighted by Gasteiger charge is -2.08. The van der Waals surface area contributed by atoms with Crippen molar-refractivity contribution < 1.29 is 24.0 Å². The number of halogens is 1. The standard InChI is InChI=1S/C10H9FN2O5/c1-5(10(15)16)12-9(14)6-2-3-7(11)8(4-6)13(17)18/h2-5H,1H3,(H,12,14)(H,15,16)/t5-/m1/s1. The van der Waals surface area contributed by atoms with Crippen LogP contribution in [0.4, 0.5) is 10.1 Å². The average molecular weight is 256 g/mol. The van der Waals surface area contributed by atoms with E-state index in [1.54, 1.807) is 0 Å². The Balaban J connectivity index is 2.97. The largest absolute Gasteiger partial charge is 0.480 e. The normalized spacial score (nSPS) is 11.7. The number of hydrogen-bond donors (Lipinski definition) is 2. The van der Waals surface area contributed by atoms with Crippen molar-refractivity contribution in [3.05, 3.63) is 39.7 Å². The quantitative estimate of drug-likeness (QED) is 0.615. The number of nitro groups is 1. The van der Waals surface area contributed by atoms with Gasteiger partial charge in [-0.25, -0.2) is 0 Å². The molecule has 0 heterocycles. The SMILES string of the molecule is C[C@@H](NC(=O)c1ccc(F)c([N+](=O)[O-])c1)C(=O)O. The average Bonchev–Trinajstić information content (AvgIpc) is 2.28. The maximum Gasteiger partial charge on any atom is 0.325 e. The van der Waals surface area contributed by atoms with Crippen LogP contribution in [0, 0.1) is 15.9 Å². The number of carbonyl (C=O) groups excluding carboxylic acids is 1. The summed E-state index contributed by atoms with van der Waals surface area (Å²) in [4.78, 5) is 31.5. The van der Waals surface area contributed by atoms with Gasteiger partial charge in [-0.1, -0.05) is 0 Å². The van der Waals surface area contributed by atoms with Crippen LogP contribution in [0.5, 0.6) is 0 Å². The first-order valence-corrected chi connectivity index (χ1v) is 4.80. The fourth-order valence-electron chi connectivity index (χ4n) is 1.14. The van der Waals surface area contributed by atoms with Gasteiger partial charge < -0.3 is 10.4 Å². The lowest BCUT2D eigenvalue weighted by atomic mass is 10.1. The minimum atomic E-state index is -1.25. The van der Waals surface area contributed by atoms with E-state index >= 15 is 0 Å². The summed E-state index contributed by atoms with van der Waals surface area (Å²) in [5.41, 5.74) is -1.03. The molecule has 0 radical (unpaired) electrons. The number of hydrogen-bond acceptors (Lipinski definition) is 4. The summed E-state index contributed by atoms with van der Waals surface area (Å²) in [6.45, 7) is 1.23. The minimum Gasteiger partial charge on any atom is -0.480 e. The molecule has 1 atom stereocenters. The summed E-state index contributed by atoms with van der Waals surface area (Å²) >= 11 is 0. The number of carboxylic acid groups (broad SMARTS) is 1. The number of rotatable bonds is 4. The number of nitrogens with one attached hydrogen (secondary N) is 1. The van der Waals surface area contributed by atoms with Crippen molar-refractivity contribution in [1.29, 1.82) is 0 Å². The van der Waals surface area contributed by atoms with E-state index in [4.69, 9.17) is 5.11 Å². The highest BCUT2D eigenvalue weighted by atomic mass is 19.1. The molecule has 18 heavy (non-hydrogen) atoms. The highest BCUT2D eigenvalue weighted by molar-refractivity contribution is 5.97. The van der Waals surface area contributed by atoms with Crippen LogP contribution in [0.15, 0.2) is 18.2 Å². The molecule has 96 valence electrons. The van der Waals surface area contributed by atoms with Crippen molar-refractivity contribution in [1.82, 2.24) is 5.32 Å². The summed E-state index contributed by atoms with van der Waals surface area (Å²) in [7, 11) is 0. The molecule has 7 nitrogen and oxygen atoms in total. The van der Waals surface area contributed by atoms with Crippen molar-refractivity contribution >= 4 is 17.6 Å². The predicted octanol–water partition coefficient (Wildman–Crippen LogP) is 0.937. The number of nitrogens with zero attached hydrogens (tertiary/aromatic N) is 1. The van der Waals surface area contributed by atoms with Crippen LogP contribution >= 0.6 is 0 Å². The zero-order valence-electron chi connectivity index (χ0n) is 9.21. The second kappa shape index (κ2) is 5.21. The molecule has 0 fully saturated rings. The molecule has 0 unspecified atom stereocenters. The Morgan fingerprint density at radius 3 is 2.61 bits per heavy atom. The van der Waals surface area contributed by atoms with Gasteiger partial charge in [0.1, 0.15) is 6.04 Å². The third-order valence-electron chi connectivity index (χ3n) is 2.12. The minimum absolute atomic E-state index is 0.184. The van der Waals surface area contributed by atoms with E-state index < -0.39 is 34.3 Å². The Kier molecular flexibility index (Phi) is 3.93. The van der Waals surface area contributed by atoms with Crippen LogP contribution in [0.25, 0.3) is 0 Å². The lowest BCUT2D eigenvalue weighted by molar-refractivity contribution is -0.387. The zero-order valence-corrected chi connectivity index (χ0v) is 9.21. The molecule has 0 aromatic heterocycles. The molecule has 8 heteroatoms. The molecule has 0 saturated heterocycles. The summed E-state index contributed by atoms with van der Waals surface area (Å²) in [5, 5.41) is 21.1. The second-order valence-electron chi connectivity index (χ2n) is 3.46. The molecule has 0 bridgehead atoms. The van der Waals surface area contributed by atoms with Crippen LogP contribution in [-0.4, -0.2) is 27.9 Å². The maximum absolute atomic E-state index is 13.0. The summed E-state index contributed by atoms with van der Waals surface area (Å²) in [5.74, 6) is -3.14. The van der Waals surface area contributed by atoms with Crippen LogP contribution in [-0.2, 0) is 4.79 Å². The number of carbonyl (C=O) groups is 2. The number of amides is 1. The van der Waals surface area contributed by atoms with Gasteiger partial charge in [-0.15, -0.1) is 0 Å². The molecular weight excluding hydrogens is 247 g/mol. The van der Waals surface area contributed by atoms with E-state index in [-0.39, 0.29) is 5.56 Å². The van der Waals surface area contributed by atoms with Gasteiger partial charge in [0, 0.05) is 11.6 Å². The fraction of sp³-hybridized carbons (Fsp3) is 0.200. The Morgan fingerprint density at radius 1 is 1.50 bits per heavy atom. The number of carboxylic acids is 1. The Bertz CT molecular complexity index is 517. The van der Waals surface area contributed by atoms with E-state index in [2.05, 4.69) is 5.32 Å². The first-order valence-electron chi connectivity index (χ1n) is 4.80. The molecule has 0 aliphatic rings. The van der Waals surface area contributed by atoms with Gasteiger partial charge in [0.05, 0.1) is 4.92 Å². The van der Waals surface area contributed by atoms with Gasteiger partial charge in [-0.05, 0) is 19.1 Å². The molecule has 1 aromatic carbocycles. The molecule has 0 saturated carbocycles. The number of benzene rings is 1.